The van der Waals surface area contributed by atoms with Gasteiger partial charge in [-0.3, -0.25) is 19.1 Å². The van der Waals surface area contributed by atoms with E-state index in [1.165, 1.54) is 23.1 Å². The number of likely N-dealkylation sites (tertiary alicyclic amines) is 1. The molecule has 3 aromatic carbocycles. The molecule has 0 spiro atoms. The van der Waals surface area contributed by atoms with Gasteiger partial charge in [0, 0.05) is 22.9 Å². The number of rotatable bonds is 6. The van der Waals surface area contributed by atoms with Crippen molar-refractivity contribution in [2.75, 3.05) is 11.9 Å². The Morgan fingerprint density at radius 2 is 1.90 bits per heavy atom. The number of hydrogen-bond acceptors (Lipinski definition) is 5. The molecule has 5 aromatic rings. The minimum atomic E-state index is -1.46. The number of amides is 3. The number of aromatic nitrogens is 4. The predicted octanol–water partition coefficient (Wildman–Crippen LogP) is 4.05. The van der Waals surface area contributed by atoms with E-state index in [9.17, 15) is 18.8 Å². The molecule has 1 aliphatic heterocycles. The highest BCUT2D eigenvalue weighted by Gasteiger charge is 2.40. The summed E-state index contributed by atoms with van der Waals surface area (Å²) in [5, 5.41) is 7.38. The first kappa shape index (κ1) is 26.4. The van der Waals surface area contributed by atoms with E-state index in [0.717, 1.165) is 4.90 Å². The average molecular weight is 578 g/mol. The fourth-order valence-electron chi connectivity index (χ4n) is 5.19. The number of carbonyl (C=O) groups excluding carboxylic acids is 3. The number of para-hydroxylation sites is 1. The van der Waals surface area contributed by atoms with Crippen LogP contribution in [0.15, 0.2) is 60.9 Å². The standard InChI is InChI=1S/C28H22ClF2N7O3/c29-23-15(8-9-19-26(23)34-13-33-19)16-5-3-6-18(24(16)31)35-28(41)21-10-14(30)11-37(21)22(39)12-38-20-7-2-1-4-17(20)25(36-38)27(32)40/h1-9,13-14,21H,10-12H2,(H2,32,40)(H,33,34)(H,35,41)/t14-,21+/m1/s1. The van der Waals surface area contributed by atoms with Crippen LogP contribution >= 0.6 is 11.6 Å². The Morgan fingerprint density at radius 3 is 2.71 bits per heavy atom. The highest BCUT2D eigenvalue weighted by atomic mass is 35.5. The number of primary amides is 1. The maximum Gasteiger partial charge on any atom is 0.269 e. The molecule has 208 valence electrons. The number of anilines is 1. The number of hydrogen-bond donors (Lipinski definition) is 3. The maximum atomic E-state index is 15.6. The van der Waals surface area contributed by atoms with Crippen molar-refractivity contribution in [2.24, 2.45) is 5.73 Å². The Hall–Kier alpha value is -4.84. The second kappa shape index (κ2) is 10.3. The van der Waals surface area contributed by atoms with Crippen molar-refractivity contribution >= 4 is 56.9 Å². The number of carbonyl (C=O) groups is 3. The summed E-state index contributed by atoms with van der Waals surface area (Å²) >= 11 is 6.49. The Bertz CT molecular complexity index is 1850. The van der Waals surface area contributed by atoms with E-state index in [1.807, 2.05) is 0 Å². The molecule has 0 radical (unpaired) electrons. The van der Waals surface area contributed by atoms with Crippen molar-refractivity contribution in [3.8, 4) is 11.1 Å². The van der Waals surface area contributed by atoms with Gasteiger partial charge in [-0.2, -0.15) is 5.10 Å². The zero-order chi connectivity index (χ0) is 28.8. The van der Waals surface area contributed by atoms with E-state index in [-0.39, 0.29) is 41.5 Å². The summed E-state index contributed by atoms with van der Waals surface area (Å²) in [7, 11) is 0. The molecule has 1 saturated heterocycles. The lowest BCUT2D eigenvalue weighted by Gasteiger charge is -2.24. The van der Waals surface area contributed by atoms with Gasteiger partial charge in [-0.05, 0) is 18.2 Å². The number of fused-ring (bicyclic) bond motifs is 2. The molecule has 1 aliphatic rings. The first-order valence-corrected chi connectivity index (χ1v) is 13.0. The average Bonchev–Trinajstić information content (AvgIpc) is 3.68. The lowest BCUT2D eigenvalue weighted by molar-refractivity contribution is -0.137. The van der Waals surface area contributed by atoms with Gasteiger partial charge in [0.25, 0.3) is 5.91 Å². The third kappa shape index (κ3) is 4.65. The second-order valence-electron chi connectivity index (χ2n) is 9.66. The summed E-state index contributed by atoms with van der Waals surface area (Å²) in [5.41, 5.74) is 7.43. The van der Waals surface area contributed by atoms with Gasteiger partial charge in [0.2, 0.25) is 11.8 Å². The van der Waals surface area contributed by atoms with Gasteiger partial charge in [0.15, 0.2) is 11.5 Å². The van der Waals surface area contributed by atoms with Gasteiger partial charge >= 0.3 is 0 Å². The number of alkyl halides is 1. The van der Waals surface area contributed by atoms with Crippen LogP contribution in [0.25, 0.3) is 33.1 Å². The van der Waals surface area contributed by atoms with Crippen LogP contribution in [0.3, 0.4) is 0 Å². The van der Waals surface area contributed by atoms with Crippen LogP contribution in [0.2, 0.25) is 5.02 Å². The highest BCUT2D eigenvalue weighted by molar-refractivity contribution is 6.37. The van der Waals surface area contributed by atoms with Crippen molar-refractivity contribution in [3.63, 3.8) is 0 Å². The molecule has 13 heteroatoms. The Balaban J connectivity index is 1.24. The van der Waals surface area contributed by atoms with Crippen molar-refractivity contribution in [1.29, 1.82) is 0 Å². The lowest BCUT2D eigenvalue weighted by atomic mass is 10.0. The molecule has 10 nitrogen and oxygen atoms in total. The van der Waals surface area contributed by atoms with E-state index >= 15 is 4.39 Å². The van der Waals surface area contributed by atoms with Crippen LogP contribution in [0, 0.1) is 5.82 Å². The minimum absolute atomic E-state index is 0.00520. The monoisotopic (exact) mass is 577 g/mol. The zero-order valence-electron chi connectivity index (χ0n) is 21.3. The van der Waals surface area contributed by atoms with Gasteiger partial charge in [0.05, 0.1) is 34.6 Å². The molecule has 0 unspecified atom stereocenters. The SMILES string of the molecule is NC(=O)c1nn(CC(=O)N2C[C@H](F)C[C@H]2C(=O)Nc2cccc(-c3ccc4[nH]cnc4c3Cl)c2F)c2ccccc12. The molecule has 1 fully saturated rings. The number of nitrogens with one attached hydrogen (secondary N) is 2. The molecule has 0 saturated carbocycles. The smallest absolute Gasteiger partial charge is 0.269 e. The van der Waals surface area contributed by atoms with Crippen LogP contribution < -0.4 is 11.1 Å². The molecular weight excluding hydrogens is 556 g/mol. The van der Waals surface area contributed by atoms with Gasteiger partial charge in [-0.25, -0.2) is 13.8 Å². The van der Waals surface area contributed by atoms with E-state index in [2.05, 4.69) is 20.4 Å². The van der Waals surface area contributed by atoms with E-state index in [4.69, 9.17) is 17.3 Å². The third-order valence-electron chi connectivity index (χ3n) is 7.13. The van der Waals surface area contributed by atoms with Crippen LogP contribution in [0.5, 0.6) is 0 Å². The molecule has 0 bridgehead atoms. The van der Waals surface area contributed by atoms with Gasteiger partial charge in [-0.1, -0.05) is 48.0 Å². The largest absolute Gasteiger partial charge is 0.364 e. The third-order valence-corrected chi connectivity index (χ3v) is 7.51. The topological polar surface area (TPSA) is 139 Å². The van der Waals surface area contributed by atoms with E-state index < -0.39 is 35.8 Å². The minimum Gasteiger partial charge on any atom is -0.364 e. The number of H-pyrrole nitrogens is 1. The van der Waals surface area contributed by atoms with Gasteiger partial charge in [-0.15, -0.1) is 0 Å². The fraction of sp³-hybridized carbons (Fsp3) is 0.179. The number of benzene rings is 3. The van der Waals surface area contributed by atoms with Gasteiger partial charge in [0.1, 0.15) is 24.3 Å². The van der Waals surface area contributed by atoms with Crippen molar-refractivity contribution in [2.45, 2.75) is 25.2 Å². The Morgan fingerprint density at radius 1 is 1.10 bits per heavy atom. The lowest BCUT2D eigenvalue weighted by Crippen LogP contribution is -2.44. The molecule has 0 aliphatic carbocycles. The number of imidazole rings is 1. The molecule has 3 amide bonds. The summed E-state index contributed by atoms with van der Waals surface area (Å²) in [4.78, 5) is 46.6. The molecule has 2 aromatic heterocycles. The molecular formula is C28H22ClF2N7O3. The number of halogens is 3. The number of nitrogens with two attached hydrogens (primary N) is 1. The van der Waals surface area contributed by atoms with Crippen molar-refractivity contribution in [3.05, 3.63) is 77.5 Å². The Kier molecular flexibility index (Phi) is 6.62. The summed E-state index contributed by atoms with van der Waals surface area (Å²) in [6, 6.07) is 13.3. The fourth-order valence-corrected chi connectivity index (χ4v) is 5.51. The van der Waals surface area contributed by atoms with E-state index in [0.29, 0.717) is 27.5 Å². The van der Waals surface area contributed by atoms with Crippen LogP contribution in [-0.2, 0) is 16.1 Å². The van der Waals surface area contributed by atoms with Crippen molar-refractivity contribution < 1.29 is 23.2 Å². The molecule has 41 heavy (non-hydrogen) atoms. The molecule has 6 rings (SSSR count). The summed E-state index contributed by atoms with van der Waals surface area (Å²) < 4.78 is 31.5. The molecule has 4 N–H and O–H groups in total. The summed E-state index contributed by atoms with van der Waals surface area (Å²) in [6.07, 6.45) is -0.237. The van der Waals surface area contributed by atoms with Crippen LogP contribution in [0.4, 0.5) is 14.5 Å². The first-order chi connectivity index (χ1) is 19.7. The highest BCUT2D eigenvalue weighted by Crippen LogP contribution is 2.36. The first-order valence-electron chi connectivity index (χ1n) is 12.6. The number of aromatic amines is 1. The second-order valence-corrected chi connectivity index (χ2v) is 10.0. The number of nitrogens with zero attached hydrogens (tertiary/aromatic N) is 4. The molecule has 3 heterocycles. The van der Waals surface area contributed by atoms with Crippen LogP contribution in [-0.4, -0.2) is 61.1 Å². The quantitative estimate of drug-likeness (QED) is 0.279. The maximum absolute atomic E-state index is 15.6. The van der Waals surface area contributed by atoms with E-state index in [1.54, 1.807) is 42.5 Å². The normalized spacial score (nSPS) is 16.9. The van der Waals surface area contributed by atoms with Crippen molar-refractivity contribution in [1.82, 2.24) is 24.6 Å². The predicted molar refractivity (Wildman–Crippen MR) is 148 cm³/mol. The summed E-state index contributed by atoms with van der Waals surface area (Å²) in [5.74, 6) is -2.84. The molecule has 2 atom stereocenters. The Labute approximate surface area is 236 Å². The summed E-state index contributed by atoms with van der Waals surface area (Å²) in [6.45, 7) is -0.678. The van der Waals surface area contributed by atoms with Gasteiger partial charge < -0.3 is 20.9 Å². The zero-order valence-corrected chi connectivity index (χ0v) is 22.0. The van der Waals surface area contributed by atoms with Crippen LogP contribution in [0.1, 0.15) is 16.9 Å².